The maximum Gasteiger partial charge on any atom is 0.251 e. The smallest absolute Gasteiger partial charge is 0.251 e. The predicted molar refractivity (Wildman–Crippen MR) is 95.3 cm³/mol. The van der Waals surface area contributed by atoms with Gasteiger partial charge in [-0.3, -0.25) is 9.79 Å². The molecule has 22 heavy (non-hydrogen) atoms. The van der Waals surface area contributed by atoms with E-state index in [1.54, 1.807) is 6.07 Å². The Morgan fingerprint density at radius 2 is 2.09 bits per heavy atom. The van der Waals surface area contributed by atoms with Crippen molar-refractivity contribution >= 4 is 27.8 Å². The Bertz CT molecular complexity index is 503. The predicted octanol–water partition coefficient (Wildman–Crippen LogP) is 2.53. The standard InChI is InChI=1S/C16H25BrN4O/c1-4-18-16(21-12(2)3)20-10-6-9-19-15(22)13-7-5-8-14(17)11-13/h5,7-8,11-12H,4,6,9-10H2,1-3H3,(H,19,22)(H2,18,20,21). The molecule has 1 aromatic rings. The largest absolute Gasteiger partial charge is 0.357 e. The fraction of sp³-hybridized carbons (Fsp3) is 0.500. The van der Waals surface area contributed by atoms with Gasteiger partial charge in [0, 0.05) is 35.7 Å². The summed E-state index contributed by atoms with van der Waals surface area (Å²) in [6, 6.07) is 7.70. The van der Waals surface area contributed by atoms with E-state index in [9.17, 15) is 4.79 Å². The molecule has 6 heteroatoms. The normalized spacial score (nSPS) is 11.4. The summed E-state index contributed by atoms with van der Waals surface area (Å²) in [6.07, 6.45) is 0.800. The Kier molecular flexibility index (Phi) is 8.58. The molecule has 0 heterocycles. The number of rotatable bonds is 7. The summed E-state index contributed by atoms with van der Waals surface area (Å²) in [5, 5.41) is 9.35. The van der Waals surface area contributed by atoms with Gasteiger partial charge in [-0.05, 0) is 45.4 Å². The first kappa shape index (κ1) is 18.5. The zero-order valence-corrected chi connectivity index (χ0v) is 15.0. The quantitative estimate of drug-likeness (QED) is 0.393. The third-order valence-electron chi connectivity index (χ3n) is 2.75. The molecule has 0 atom stereocenters. The lowest BCUT2D eigenvalue weighted by atomic mass is 10.2. The number of nitrogens with one attached hydrogen (secondary N) is 3. The fourth-order valence-corrected chi connectivity index (χ4v) is 2.20. The second-order valence-electron chi connectivity index (χ2n) is 5.18. The summed E-state index contributed by atoms with van der Waals surface area (Å²) in [6.45, 7) is 8.29. The number of nitrogens with zero attached hydrogens (tertiary/aromatic N) is 1. The van der Waals surface area contributed by atoms with Crippen LogP contribution in [0.2, 0.25) is 0 Å². The van der Waals surface area contributed by atoms with Gasteiger partial charge in [0.1, 0.15) is 0 Å². The maximum absolute atomic E-state index is 11.9. The highest BCUT2D eigenvalue weighted by Gasteiger charge is 2.04. The molecule has 0 saturated carbocycles. The fourth-order valence-electron chi connectivity index (χ4n) is 1.80. The van der Waals surface area contributed by atoms with Crippen molar-refractivity contribution in [2.45, 2.75) is 33.2 Å². The van der Waals surface area contributed by atoms with Crippen LogP contribution in [0.1, 0.15) is 37.6 Å². The highest BCUT2D eigenvalue weighted by atomic mass is 79.9. The molecule has 1 rings (SSSR count). The highest BCUT2D eigenvalue weighted by molar-refractivity contribution is 9.10. The Morgan fingerprint density at radius 3 is 2.73 bits per heavy atom. The van der Waals surface area contributed by atoms with Crippen molar-refractivity contribution in [1.29, 1.82) is 0 Å². The molecule has 122 valence electrons. The number of hydrogen-bond donors (Lipinski definition) is 3. The van der Waals surface area contributed by atoms with Crippen molar-refractivity contribution in [3.63, 3.8) is 0 Å². The third kappa shape index (κ3) is 7.45. The second kappa shape index (κ2) is 10.2. The zero-order valence-electron chi connectivity index (χ0n) is 13.4. The minimum atomic E-state index is -0.0579. The maximum atomic E-state index is 11.9. The van der Waals surface area contributed by atoms with Crippen LogP contribution < -0.4 is 16.0 Å². The highest BCUT2D eigenvalue weighted by Crippen LogP contribution is 2.11. The summed E-state index contributed by atoms with van der Waals surface area (Å²) in [4.78, 5) is 16.4. The van der Waals surface area contributed by atoms with Gasteiger partial charge in [0.15, 0.2) is 5.96 Å². The van der Waals surface area contributed by atoms with Crippen LogP contribution >= 0.6 is 15.9 Å². The first-order valence-electron chi connectivity index (χ1n) is 7.61. The molecular formula is C16H25BrN4O. The molecule has 0 fully saturated rings. The number of carbonyl (C=O) groups excluding carboxylic acids is 1. The molecule has 0 aliphatic rings. The zero-order chi connectivity index (χ0) is 16.4. The topological polar surface area (TPSA) is 65.5 Å². The van der Waals surface area contributed by atoms with E-state index in [4.69, 9.17) is 0 Å². The molecule has 0 spiro atoms. The summed E-state index contributed by atoms with van der Waals surface area (Å²) in [7, 11) is 0. The Labute approximate surface area is 141 Å². The average molecular weight is 369 g/mol. The number of aliphatic imine (C=N–C) groups is 1. The molecule has 1 aromatic carbocycles. The van der Waals surface area contributed by atoms with Gasteiger partial charge in [-0.15, -0.1) is 0 Å². The first-order valence-corrected chi connectivity index (χ1v) is 8.40. The van der Waals surface area contributed by atoms with Crippen LogP contribution in [-0.2, 0) is 0 Å². The van der Waals surface area contributed by atoms with Gasteiger partial charge < -0.3 is 16.0 Å². The lowest BCUT2D eigenvalue weighted by Gasteiger charge is -2.13. The first-order chi connectivity index (χ1) is 10.5. The number of hydrogen-bond acceptors (Lipinski definition) is 2. The second-order valence-corrected chi connectivity index (χ2v) is 6.10. The molecule has 0 aromatic heterocycles. The van der Waals surface area contributed by atoms with Crippen molar-refractivity contribution in [1.82, 2.24) is 16.0 Å². The van der Waals surface area contributed by atoms with E-state index >= 15 is 0 Å². The van der Waals surface area contributed by atoms with Gasteiger partial charge in [-0.1, -0.05) is 22.0 Å². The number of carbonyl (C=O) groups is 1. The summed E-state index contributed by atoms with van der Waals surface area (Å²) >= 11 is 3.36. The van der Waals surface area contributed by atoms with Crippen LogP contribution in [0.4, 0.5) is 0 Å². The van der Waals surface area contributed by atoms with E-state index in [2.05, 4.69) is 50.7 Å². The third-order valence-corrected chi connectivity index (χ3v) is 3.24. The Morgan fingerprint density at radius 1 is 1.32 bits per heavy atom. The van der Waals surface area contributed by atoms with Crippen LogP contribution in [0.25, 0.3) is 0 Å². The monoisotopic (exact) mass is 368 g/mol. The van der Waals surface area contributed by atoms with Gasteiger partial charge in [-0.2, -0.15) is 0 Å². The molecule has 5 nitrogen and oxygen atoms in total. The Hall–Kier alpha value is -1.56. The van der Waals surface area contributed by atoms with Gasteiger partial charge in [0.05, 0.1) is 0 Å². The van der Waals surface area contributed by atoms with Gasteiger partial charge in [0.25, 0.3) is 5.91 Å². The van der Waals surface area contributed by atoms with E-state index in [0.29, 0.717) is 24.7 Å². The van der Waals surface area contributed by atoms with Gasteiger partial charge >= 0.3 is 0 Å². The number of benzene rings is 1. The van der Waals surface area contributed by atoms with E-state index in [1.165, 1.54) is 0 Å². The lowest BCUT2D eigenvalue weighted by molar-refractivity contribution is 0.0953. The molecule has 0 bridgehead atoms. The van der Waals surface area contributed by atoms with Crippen molar-refractivity contribution in [2.75, 3.05) is 19.6 Å². The number of guanidine groups is 1. The van der Waals surface area contributed by atoms with Gasteiger partial charge in [-0.25, -0.2) is 0 Å². The van der Waals surface area contributed by atoms with Crippen molar-refractivity contribution in [3.8, 4) is 0 Å². The van der Waals surface area contributed by atoms with Crippen LogP contribution in [0.15, 0.2) is 33.7 Å². The van der Waals surface area contributed by atoms with Crippen molar-refractivity contribution < 1.29 is 4.79 Å². The molecule has 1 amide bonds. The summed E-state index contributed by atoms with van der Waals surface area (Å²) < 4.78 is 0.903. The number of halogens is 1. The van der Waals surface area contributed by atoms with Crippen LogP contribution in [0.3, 0.4) is 0 Å². The minimum absolute atomic E-state index is 0.0579. The summed E-state index contributed by atoms with van der Waals surface area (Å²) in [5.41, 5.74) is 0.660. The molecular weight excluding hydrogens is 344 g/mol. The molecule has 0 aliphatic heterocycles. The average Bonchev–Trinajstić information content (AvgIpc) is 2.46. The summed E-state index contributed by atoms with van der Waals surface area (Å²) in [5.74, 6) is 0.758. The SMILES string of the molecule is CCNC(=NCCCNC(=O)c1cccc(Br)c1)NC(C)C. The molecule has 0 radical (unpaired) electrons. The van der Waals surface area contributed by atoms with Crippen molar-refractivity contribution in [2.24, 2.45) is 4.99 Å². The van der Waals surface area contributed by atoms with E-state index < -0.39 is 0 Å². The van der Waals surface area contributed by atoms with Crippen LogP contribution in [-0.4, -0.2) is 37.5 Å². The number of amides is 1. The lowest BCUT2D eigenvalue weighted by Crippen LogP contribution is -2.41. The van der Waals surface area contributed by atoms with E-state index in [1.807, 2.05) is 25.1 Å². The van der Waals surface area contributed by atoms with E-state index in [-0.39, 0.29) is 5.91 Å². The molecule has 3 N–H and O–H groups in total. The van der Waals surface area contributed by atoms with E-state index in [0.717, 1.165) is 23.4 Å². The Balaban J connectivity index is 2.33. The molecule has 0 aliphatic carbocycles. The van der Waals surface area contributed by atoms with Crippen LogP contribution in [0, 0.1) is 0 Å². The molecule has 0 saturated heterocycles. The van der Waals surface area contributed by atoms with Crippen molar-refractivity contribution in [3.05, 3.63) is 34.3 Å². The van der Waals surface area contributed by atoms with Gasteiger partial charge in [0.2, 0.25) is 0 Å². The minimum Gasteiger partial charge on any atom is -0.357 e. The van der Waals surface area contributed by atoms with Crippen LogP contribution in [0.5, 0.6) is 0 Å². The molecule has 0 unspecified atom stereocenters.